The van der Waals surface area contributed by atoms with Gasteiger partial charge >= 0.3 is 0 Å². The van der Waals surface area contributed by atoms with Crippen molar-refractivity contribution in [1.29, 1.82) is 0 Å². The first-order chi connectivity index (χ1) is 11.5. The molecule has 3 rings (SSSR count). The van der Waals surface area contributed by atoms with Crippen LogP contribution in [0.1, 0.15) is 24.2 Å². The number of amides is 1. The van der Waals surface area contributed by atoms with Gasteiger partial charge in [-0.2, -0.15) is 0 Å². The van der Waals surface area contributed by atoms with Crippen molar-refractivity contribution in [2.24, 2.45) is 5.73 Å². The molecule has 2 aromatic heterocycles. The Morgan fingerprint density at radius 3 is 2.83 bits per heavy atom. The highest BCUT2D eigenvalue weighted by Crippen LogP contribution is 2.28. The first-order valence-electron chi connectivity index (χ1n) is 7.38. The Morgan fingerprint density at radius 1 is 1.38 bits per heavy atom. The lowest BCUT2D eigenvalue weighted by atomic mass is 10.0. The number of nitrogens with two attached hydrogens (primary N) is 1. The Balaban J connectivity index is 2.06. The molecule has 0 aliphatic rings. The van der Waals surface area contributed by atoms with E-state index < -0.39 is 17.8 Å². The van der Waals surface area contributed by atoms with Crippen molar-refractivity contribution in [2.75, 3.05) is 0 Å². The van der Waals surface area contributed by atoms with Crippen molar-refractivity contribution in [3.05, 3.63) is 59.7 Å². The number of hydrogen-bond donors (Lipinski definition) is 3. The molecule has 1 aromatic carbocycles. The van der Waals surface area contributed by atoms with Crippen LogP contribution in [0.5, 0.6) is 0 Å². The fraction of sp³-hybridized carbons (Fsp3) is 0.111. The zero-order chi connectivity index (χ0) is 17.3. The van der Waals surface area contributed by atoms with Crippen LogP contribution in [0.4, 0.5) is 4.39 Å². The third-order valence-corrected chi connectivity index (χ3v) is 3.77. The Bertz CT molecular complexity index is 945. The minimum atomic E-state index is -0.866. The standard InChI is InChI=1S/C18H16FN3O2/c1-10(23)14-4-2-11(7-16(14)19)13-6-15-12(3-5-17(20)24)8-21-18(15)22-9-13/h2-10,23H,1H3,(H2,20,24)(H,21,22)/b5-3+/t10-/m0/s1. The molecular weight excluding hydrogens is 309 g/mol. The van der Waals surface area contributed by atoms with E-state index in [-0.39, 0.29) is 5.56 Å². The summed E-state index contributed by atoms with van der Waals surface area (Å²) in [7, 11) is 0. The van der Waals surface area contributed by atoms with E-state index in [0.29, 0.717) is 11.2 Å². The highest BCUT2D eigenvalue weighted by Gasteiger charge is 2.11. The highest BCUT2D eigenvalue weighted by atomic mass is 19.1. The number of aromatic nitrogens is 2. The SMILES string of the molecule is C[C@H](O)c1ccc(-c2cnc3[nH]cc(/C=C/C(N)=O)c3c2)cc1F. The second kappa shape index (κ2) is 6.25. The molecule has 0 radical (unpaired) electrons. The summed E-state index contributed by atoms with van der Waals surface area (Å²) < 4.78 is 14.1. The fourth-order valence-electron chi connectivity index (χ4n) is 2.54. The average molecular weight is 325 g/mol. The number of hydrogen-bond acceptors (Lipinski definition) is 3. The van der Waals surface area contributed by atoms with Crippen molar-refractivity contribution >= 4 is 23.0 Å². The Morgan fingerprint density at radius 2 is 2.17 bits per heavy atom. The molecule has 24 heavy (non-hydrogen) atoms. The number of primary amides is 1. The van der Waals surface area contributed by atoms with Crippen LogP contribution in [0.3, 0.4) is 0 Å². The molecule has 5 nitrogen and oxygen atoms in total. The van der Waals surface area contributed by atoms with Crippen molar-refractivity contribution in [1.82, 2.24) is 9.97 Å². The van der Waals surface area contributed by atoms with Crippen LogP contribution in [0.15, 0.2) is 42.7 Å². The van der Waals surface area contributed by atoms with Gasteiger partial charge in [0.2, 0.25) is 5.91 Å². The lowest BCUT2D eigenvalue weighted by Crippen LogP contribution is -2.04. The summed E-state index contributed by atoms with van der Waals surface area (Å²) in [6.07, 6.45) is 5.36. The number of nitrogens with zero attached hydrogens (tertiary/aromatic N) is 1. The lowest BCUT2D eigenvalue weighted by Gasteiger charge is -2.08. The van der Waals surface area contributed by atoms with Gasteiger partial charge in [0.25, 0.3) is 0 Å². The number of aromatic amines is 1. The van der Waals surface area contributed by atoms with E-state index in [1.54, 1.807) is 30.6 Å². The average Bonchev–Trinajstić information content (AvgIpc) is 2.94. The number of fused-ring (bicyclic) bond motifs is 1. The first kappa shape index (κ1) is 15.9. The zero-order valence-corrected chi connectivity index (χ0v) is 13.0. The van der Waals surface area contributed by atoms with Gasteiger partial charge in [-0.1, -0.05) is 12.1 Å². The van der Waals surface area contributed by atoms with Crippen LogP contribution in [0.2, 0.25) is 0 Å². The van der Waals surface area contributed by atoms with Gasteiger partial charge < -0.3 is 15.8 Å². The van der Waals surface area contributed by atoms with Crippen molar-refractivity contribution in [3.63, 3.8) is 0 Å². The van der Waals surface area contributed by atoms with Gasteiger partial charge in [0.15, 0.2) is 0 Å². The van der Waals surface area contributed by atoms with E-state index in [9.17, 15) is 14.3 Å². The third-order valence-electron chi connectivity index (χ3n) is 3.77. The van der Waals surface area contributed by atoms with E-state index in [4.69, 9.17) is 5.73 Å². The first-order valence-corrected chi connectivity index (χ1v) is 7.38. The molecule has 1 amide bonds. The van der Waals surface area contributed by atoms with Crippen molar-refractivity contribution < 1.29 is 14.3 Å². The molecule has 0 spiro atoms. The summed E-state index contributed by atoms with van der Waals surface area (Å²) in [5, 5.41) is 10.3. The number of H-pyrrole nitrogens is 1. The molecule has 0 bridgehead atoms. The predicted molar refractivity (Wildman–Crippen MR) is 90.3 cm³/mol. The van der Waals surface area contributed by atoms with Gasteiger partial charge in [-0.05, 0) is 30.7 Å². The summed E-state index contributed by atoms with van der Waals surface area (Å²) in [5.41, 5.74) is 8.16. The number of aliphatic hydroxyl groups is 1. The third kappa shape index (κ3) is 3.04. The molecule has 3 aromatic rings. The number of pyridine rings is 1. The largest absolute Gasteiger partial charge is 0.389 e. The minimum absolute atomic E-state index is 0.250. The Hall–Kier alpha value is -2.99. The number of aliphatic hydroxyl groups excluding tert-OH is 1. The van der Waals surface area contributed by atoms with Gasteiger partial charge in [-0.15, -0.1) is 0 Å². The molecule has 2 heterocycles. The second-order valence-corrected chi connectivity index (χ2v) is 5.51. The number of nitrogens with one attached hydrogen (secondary N) is 1. The number of carbonyl (C=O) groups is 1. The van der Waals surface area contributed by atoms with Gasteiger partial charge in [0, 0.05) is 40.5 Å². The minimum Gasteiger partial charge on any atom is -0.389 e. The van der Waals surface area contributed by atoms with E-state index in [1.165, 1.54) is 19.1 Å². The van der Waals surface area contributed by atoms with Crippen LogP contribution in [0, 0.1) is 5.82 Å². The molecule has 0 saturated carbocycles. The molecular formula is C18H16FN3O2. The summed E-state index contributed by atoms with van der Waals surface area (Å²) in [5.74, 6) is -1.00. The molecule has 6 heteroatoms. The van der Waals surface area contributed by atoms with E-state index in [2.05, 4.69) is 9.97 Å². The predicted octanol–water partition coefficient (Wildman–Crippen LogP) is 2.92. The molecule has 0 saturated heterocycles. The molecule has 122 valence electrons. The van der Waals surface area contributed by atoms with Crippen LogP contribution in [-0.2, 0) is 4.79 Å². The van der Waals surface area contributed by atoms with E-state index in [0.717, 1.165) is 16.5 Å². The smallest absolute Gasteiger partial charge is 0.241 e. The number of rotatable bonds is 4. The lowest BCUT2D eigenvalue weighted by molar-refractivity contribution is -0.113. The van der Waals surface area contributed by atoms with E-state index in [1.807, 2.05) is 6.07 Å². The van der Waals surface area contributed by atoms with Crippen LogP contribution in [0.25, 0.3) is 28.2 Å². The van der Waals surface area contributed by atoms with E-state index >= 15 is 0 Å². The van der Waals surface area contributed by atoms with Gasteiger partial charge in [-0.25, -0.2) is 9.37 Å². The molecule has 0 aliphatic heterocycles. The van der Waals surface area contributed by atoms with Crippen LogP contribution in [-0.4, -0.2) is 21.0 Å². The number of benzene rings is 1. The highest BCUT2D eigenvalue weighted by molar-refractivity contribution is 5.95. The molecule has 0 aliphatic carbocycles. The normalized spacial score (nSPS) is 12.8. The molecule has 1 atom stereocenters. The number of carbonyl (C=O) groups excluding carboxylic acids is 1. The summed E-state index contributed by atoms with van der Waals surface area (Å²) in [4.78, 5) is 18.2. The summed E-state index contributed by atoms with van der Waals surface area (Å²) in [6, 6.07) is 6.52. The molecule has 0 unspecified atom stereocenters. The Kier molecular flexibility index (Phi) is 4.14. The zero-order valence-electron chi connectivity index (χ0n) is 13.0. The van der Waals surface area contributed by atoms with Crippen LogP contribution < -0.4 is 5.73 Å². The van der Waals surface area contributed by atoms with Gasteiger partial charge in [0.1, 0.15) is 11.5 Å². The maximum atomic E-state index is 14.1. The van der Waals surface area contributed by atoms with Gasteiger partial charge in [-0.3, -0.25) is 4.79 Å². The van der Waals surface area contributed by atoms with Gasteiger partial charge in [0.05, 0.1) is 6.10 Å². The molecule has 4 N–H and O–H groups in total. The number of halogens is 1. The maximum absolute atomic E-state index is 14.1. The maximum Gasteiger partial charge on any atom is 0.241 e. The summed E-state index contributed by atoms with van der Waals surface area (Å²) >= 11 is 0. The fourth-order valence-corrected chi connectivity index (χ4v) is 2.54. The second-order valence-electron chi connectivity index (χ2n) is 5.51. The Labute approximate surface area is 137 Å². The monoisotopic (exact) mass is 325 g/mol. The van der Waals surface area contributed by atoms with Crippen molar-refractivity contribution in [3.8, 4) is 11.1 Å². The molecule has 0 fully saturated rings. The quantitative estimate of drug-likeness (QED) is 0.644. The topological polar surface area (TPSA) is 92.0 Å². The summed E-state index contributed by atoms with van der Waals surface area (Å²) in [6.45, 7) is 1.52. The van der Waals surface area contributed by atoms with Crippen molar-refractivity contribution in [2.45, 2.75) is 13.0 Å². The van der Waals surface area contributed by atoms with Crippen LogP contribution >= 0.6 is 0 Å².